The lowest BCUT2D eigenvalue weighted by Crippen LogP contribution is -2.37. The summed E-state index contributed by atoms with van der Waals surface area (Å²) in [7, 11) is 0. The summed E-state index contributed by atoms with van der Waals surface area (Å²) in [6.07, 6.45) is 8.04. The van der Waals surface area contributed by atoms with Crippen LogP contribution in [0.1, 0.15) is 5.56 Å². The first-order valence-electron chi connectivity index (χ1n) is 4.45. The molecule has 0 radical (unpaired) electrons. The first-order valence-corrected chi connectivity index (χ1v) is 4.86. The summed E-state index contributed by atoms with van der Waals surface area (Å²) < 4.78 is 0. The molecule has 0 bridgehead atoms. The average Bonchev–Trinajstić information content (AvgIpc) is 2.23. The standard InChI is InChI=1S/C11H9NO2S/c13-10-8(4-3-7-12-10)11(14)6-2-1-5-9(11)15/h1-7,14H,(H,12,13). The number of aromatic nitrogens is 1. The summed E-state index contributed by atoms with van der Waals surface area (Å²) in [4.78, 5) is 14.4. The molecule has 76 valence electrons. The second kappa shape index (κ2) is 3.56. The van der Waals surface area contributed by atoms with Gasteiger partial charge in [0.05, 0.1) is 10.4 Å². The maximum absolute atomic E-state index is 11.5. The fraction of sp³-hybridized carbons (Fsp3) is 0.0909. The lowest BCUT2D eigenvalue weighted by molar-refractivity contribution is 0.166. The largest absolute Gasteiger partial charge is 0.376 e. The summed E-state index contributed by atoms with van der Waals surface area (Å²) in [5.41, 5.74) is -1.54. The van der Waals surface area contributed by atoms with E-state index in [1.807, 2.05) is 0 Å². The number of allylic oxidation sites excluding steroid dienone is 2. The van der Waals surface area contributed by atoms with Gasteiger partial charge < -0.3 is 10.1 Å². The molecular formula is C11H9NO2S. The molecule has 1 atom stereocenters. The highest BCUT2D eigenvalue weighted by molar-refractivity contribution is 7.81. The van der Waals surface area contributed by atoms with Gasteiger partial charge in [-0.25, -0.2) is 0 Å². The maximum atomic E-state index is 11.5. The normalized spacial score (nSPS) is 24.5. The van der Waals surface area contributed by atoms with Gasteiger partial charge in [0.25, 0.3) is 5.56 Å². The summed E-state index contributed by atoms with van der Waals surface area (Å²) in [6.45, 7) is 0. The molecule has 0 saturated carbocycles. The number of pyridine rings is 1. The highest BCUT2D eigenvalue weighted by Crippen LogP contribution is 2.25. The Morgan fingerprint density at radius 2 is 2.20 bits per heavy atom. The zero-order valence-corrected chi connectivity index (χ0v) is 8.62. The number of aliphatic hydroxyl groups is 1. The molecule has 1 aromatic rings. The second-order valence-corrected chi connectivity index (χ2v) is 3.70. The topological polar surface area (TPSA) is 53.1 Å². The van der Waals surface area contributed by atoms with Crippen molar-refractivity contribution in [1.82, 2.24) is 4.98 Å². The van der Waals surface area contributed by atoms with Crippen LogP contribution in [0.4, 0.5) is 0 Å². The molecule has 0 saturated heterocycles. The third-order valence-corrected chi connectivity index (χ3v) is 2.75. The second-order valence-electron chi connectivity index (χ2n) is 3.26. The van der Waals surface area contributed by atoms with Crippen LogP contribution in [0.5, 0.6) is 0 Å². The van der Waals surface area contributed by atoms with Crippen LogP contribution in [0.3, 0.4) is 0 Å². The van der Waals surface area contributed by atoms with Gasteiger partial charge in [-0.15, -0.1) is 0 Å². The minimum Gasteiger partial charge on any atom is -0.376 e. The van der Waals surface area contributed by atoms with Gasteiger partial charge in [-0.1, -0.05) is 24.4 Å². The molecule has 1 aliphatic rings. The van der Waals surface area contributed by atoms with Gasteiger partial charge in [-0.2, -0.15) is 0 Å². The van der Waals surface area contributed by atoms with Crippen molar-refractivity contribution in [3.05, 3.63) is 58.6 Å². The number of hydrogen-bond acceptors (Lipinski definition) is 3. The van der Waals surface area contributed by atoms with Crippen LogP contribution in [0, 0.1) is 0 Å². The molecule has 0 fully saturated rings. The molecule has 0 amide bonds. The Bertz CT molecular complexity index is 515. The van der Waals surface area contributed by atoms with Crippen LogP contribution in [0.25, 0.3) is 0 Å². The number of hydrogen-bond donors (Lipinski definition) is 2. The number of aromatic amines is 1. The Kier molecular flexibility index (Phi) is 2.38. The molecule has 0 aromatic carbocycles. The van der Waals surface area contributed by atoms with Crippen LogP contribution in [0.15, 0.2) is 47.4 Å². The fourth-order valence-electron chi connectivity index (χ4n) is 1.49. The van der Waals surface area contributed by atoms with E-state index < -0.39 is 5.60 Å². The predicted octanol–water partition coefficient (Wildman–Crippen LogP) is 1.06. The molecule has 2 rings (SSSR count). The smallest absolute Gasteiger partial charge is 0.254 e. The summed E-state index contributed by atoms with van der Waals surface area (Å²) in [6, 6.07) is 3.22. The van der Waals surface area contributed by atoms with E-state index in [4.69, 9.17) is 12.2 Å². The predicted molar refractivity (Wildman–Crippen MR) is 61.8 cm³/mol. The highest BCUT2D eigenvalue weighted by Gasteiger charge is 2.33. The van der Waals surface area contributed by atoms with Crippen molar-refractivity contribution in [3.8, 4) is 0 Å². The first kappa shape index (κ1) is 10.0. The molecule has 0 spiro atoms. The van der Waals surface area contributed by atoms with E-state index in [0.29, 0.717) is 4.86 Å². The van der Waals surface area contributed by atoms with E-state index >= 15 is 0 Å². The number of H-pyrrole nitrogens is 1. The van der Waals surface area contributed by atoms with Crippen LogP contribution < -0.4 is 5.56 Å². The Balaban J connectivity index is 2.60. The van der Waals surface area contributed by atoms with Gasteiger partial charge in [0.1, 0.15) is 5.60 Å². The first-order chi connectivity index (χ1) is 7.14. The van der Waals surface area contributed by atoms with Gasteiger partial charge in [-0.05, 0) is 24.3 Å². The van der Waals surface area contributed by atoms with Crippen molar-refractivity contribution >= 4 is 17.1 Å². The van der Waals surface area contributed by atoms with Crippen molar-refractivity contribution in [3.63, 3.8) is 0 Å². The summed E-state index contributed by atoms with van der Waals surface area (Å²) in [5, 5.41) is 10.3. The minimum absolute atomic E-state index is 0.246. The van der Waals surface area contributed by atoms with E-state index in [9.17, 15) is 9.90 Å². The van der Waals surface area contributed by atoms with E-state index in [1.54, 1.807) is 30.4 Å². The quantitative estimate of drug-likeness (QED) is 0.694. The number of rotatable bonds is 1. The van der Waals surface area contributed by atoms with Crippen molar-refractivity contribution in [2.45, 2.75) is 5.60 Å². The van der Waals surface area contributed by atoms with Crippen molar-refractivity contribution in [1.29, 1.82) is 0 Å². The van der Waals surface area contributed by atoms with Crippen LogP contribution in [-0.2, 0) is 5.60 Å². The van der Waals surface area contributed by atoms with E-state index in [2.05, 4.69) is 4.98 Å². The monoisotopic (exact) mass is 219 g/mol. The highest BCUT2D eigenvalue weighted by atomic mass is 32.1. The Labute approximate surface area is 91.8 Å². The zero-order valence-electron chi connectivity index (χ0n) is 7.81. The molecule has 2 N–H and O–H groups in total. The van der Waals surface area contributed by atoms with Crippen molar-refractivity contribution in [2.75, 3.05) is 0 Å². The SMILES string of the molecule is O=c1[nH]cccc1C1(O)C=CC=CC1=S. The average molecular weight is 219 g/mol. The molecule has 4 heteroatoms. The molecule has 1 unspecified atom stereocenters. The molecule has 1 aliphatic carbocycles. The van der Waals surface area contributed by atoms with Gasteiger partial charge in [-0.3, -0.25) is 4.79 Å². The van der Waals surface area contributed by atoms with E-state index in [1.165, 1.54) is 12.3 Å². The number of thiocarbonyl (C=S) groups is 1. The molecule has 1 aromatic heterocycles. The Morgan fingerprint density at radius 3 is 2.87 bits per heavy atom. The molecular weight excluding hydrogens is 210 g/mol. The maximum Gasteiger partial charge on any atom is 0.254 e. The lowest BCUT2D eigenvalue weighted by atomic mass is 9.88. The molecule has 3 nitrogen and oxygen atoms in total. The number of nitrogens with one attached hydrogen (secondary N) is 1. The third-order valence-electron chi connectivity index (χ3n) is 2.30. The fourth-order valence-corrected chi connectivity index (χ4v) is 1.75. The van der Waals surface area contributed by atoms with Crippen LogP contribution >= 0.6 is 12.2 Å². The van der Waals surface area contributed by atoms with Gasteiger partial charge in [0, 0.05) is 6.20 Å². The molecule has 1 heterocycles. The minimum atomic E-state index is -1.46. The van der Waals surface area contributed by atoms with Gasteiger partial charge in [0.15, 0.2) is 0 Å². The van der Waals surface area contributed by atoms with Crippen molar-refractivity contribution < 1.29 is 5.11 Å². The van der Waals surface area contributed by atoms with Gasteiger partial charge >= 0.3 is 0 Å². The zero-order chi connectivity index (χ0) is 10.9. The Hall–Kier alpha value is -1.52. The van der Waals surface area contributed by atoms with E-state index in [0.717, 1.165) is 0 Å². The van der Waals surface area contributed by atoms with Crippen molar-refractivity contribution in [2.24, 2.45) is 0 Å². The molecule has 0 aliphatic heterocycles. The third kappa shape index (κ3) is 1.58. The molecule has 15 heavy (non-hydrogen) atoms. The summed E-state index contributed by atoms with van der Waals surface area (Å²) >= 11 is 5.04. The van der Waals surface area contributed by atoms with Crippen LogP contribution in [0.2, 0.25) is 0 Å². The van der Waals surface area contributed by atoms with Gasteiger partial charge in [0.2, 0.25) is 0 Å². The van der Waals surface area contributed by atoms with Crippen LogP contribution in [-0.4, -0.2) is 15.0 Å². The Morgan fingerprint density at radius 1 is 1.40 bits per heavy atom. The summed E-state index contributed by atoms with van der Waals surface area (Å²) in [5.74, 6) is 0. The lowest BCUT2D eigenvalue weighted by Gasteiger charge is -2.25. The van der Waals surface area contributed by atoms with E-state index in [-0.39, 0.29) is 11.1 Å².